The molecule has 0 bridgehead atoms. The number of fused-ring (bicyclic) bond motifs is 1. The normalized spacial score (nSPS) is 17.3. The first kappa shape index (κ1) is 23.0. The highest BCUT2D eigenvalue weighted by Gasteiger charge is 2.37. The maximum Gasteiger partial charge on any atom is 0.267 e. The molecule has 0 spiro atoms. The summed E-state index contributed by atoms with van der Waals surface area (Å²) in [4.78, 5) is 36.7. The molecule has 1 fully saturated rings. The van der Waals surface area contributed by atoms with Crippen molar-refractivity contribution in [3.05, 3.63) is 65.6 Å². The molecule has 1 saturated carbocycles. The quantitative estimate of drug-likeness (QED) is 0.498. The average Bonchev–Trinajstić information content (AvgIpc) is 3.42. The number of rotatable bonds is 10. The zero-order chi connectivity index (χ0) is 23.4. The minimum Gasteiger partial charge on any atom is -0.350 e. The molecule has 4 rings (SSSR count). The van der Waals surface area contributed by atoms with E-state index in [4.69, 9.17) is 0 Å². The van der Waals surface area contributed by atoms with Crippen molar-refractivity contribution in [2.24, 2.45) is 11.8 Å². The molecule has 0 saturated heterocycles. The Labute approximate surface area is 195 Å². The minimum absolute atomic E-state index is 0.0834. The van der Waals surface area contributed by atoms with E-state index in [2.05, 4.69) is 20.2 Å². The van der Waals surface area contributed by atoms with Crippen molar-refractivity contribution in [2.75, 3.05) is 33.7 Å². The molecule has 2 aromatic heterocycles. The predicted octanol–water partition coefficient (Wildman–Crippen LogP) is 3.54. The van der Waals surface area contributed by atoms with Crippen molar-refractivity contribution >= 4 is 22.7 Å². The van der Waals surface area contributed by atoms with Crippen LogP contribution in [0.25, 0.3) is 10.9 Å². The second-order valence-electron chi connectivity index (χ2n) is 9.22. The van der Waals surface area contributed by atoms with Crippen molar-refractivity contribution in [3.8, 4) is 0 Å². The molecule has 0 aliphatic heterocycles. The lowest BCUT2D eigenvalue weighted by Crippen LogP contribution is -2.32. The molecule has 1 aliphatic carbocycles. The highest BCUT2D eigenvalue weighted by Crippen LogP contribution is 2.40. The Kier molecular flexibility index (Phi) is 7.08. The van der Waals surface area contributed by atoms with Gasteiger partial charge in [-0.1, -0.05) is 12.1 Å². The van der Waals surface area contributed by atoms with Gasteiger partial charge in [0.2, 0.25) is 0 Å². The second-order valence-corrected chi connectivity index (χ2v) is 9.22. The number of nitrogens with one attached hydrogen (secondary N) is 2. The van der Waals surface area contributed by atoms with Crippen LogP contribution in [0.2, 0.25) is 0 Å². The van der Waals surface area contributed by atoms with Gasteiger partial charge in [0.1, 0.15) is 5.69 Å². The van der Waals surface area contributed by atoms with Crippen molar-refractivity contribution in [2.45, 2.75) is 26.3 Å². The number of amides is 2. The molecule has 7 nitrogen and oxygen atoms in total. The highest BCUT2D eigenvalue weighted by molar-refractivity contribution is 5.97. The van der Waals surface area contributed by atoms with Crippen LogP contribution in [0, 0.1) is 11.8 Å². The van der Waals surface area contributed by atoms with Crippen molar-refractivity contribution in [1.82, 2.24) is 25.1 Å². The Bertz CT molecular complexity index is 1070. The number of aromatic nitrogens is 2. The number of aromatic amines is 1. The monoisotopic (exact) mass is 447 g/mol. The Balaban J connectivity index is 1.22. The molecule has 33 heavy (non-hydrogen) atoms. The summed E-state index contributed by atoms with van der Waals surface area (Å²) in [5, 5.41) is 3.98. The van der Waals surface area contributed by atoms with Crippen molar-refractivity contribution < 1.29 is 9.59 Å². The third-order valence-corrected chi connectivity index (χ3v) is 6.40. The van der Waals surface area contributed by atoms with Gasteiger partial charge in [-0.3, -0.25) is 14.6 Å². The van der Waals surface area contributed by atoms with Gasteiger partial charge in [-0.2, -0.15) is 0 Å². The minimum atomic E-state index is -0.0834. The van der Waals surface area contributed by atoms with Crippen LogP contribution in [-0.4, -0.2) is 65.3 Å². The highest BCUT2D eigenvalue weighted by atomic mass is 16.2. The fourth-order valence-electron chi connectivity index (χ4n) is 4.35. The van der Waals surface area contributed by atoms with Crippen LogP contribution in [0.4, 0.5) is 0 Å². The van der Waals surface area contributed by atoms with Crippen molar-refractivity contribution in [1.29, 1.82) is 0 Å². The molecular formula is C26H33N5O2. The zero-order valence-electron chi connectivity index (χ0n) is 19.7. The molecule has 174 valence electrons. The number of benzene rings is 1. The van der Waals surface area contributed by atoms with Gasteiger partial charge in [0.15, 0.2) is 0 Å². The summed E-state index contributed by atoms with van der Waals surface area (Å²) >= 11 is 0. The molecule has 1 aliphatic rings. The SMILES string of the molecule is CCN(CCC1CC1CNC(=O)c1cc2cnccc2[nH]1)C(=O)c1ccc(CN(C)C)cc1. The van der Waals surface area contributed by atoms with Gasteiger partial charge < -0.3 is 20.1 Å². The van der Waals surface area contributed by atoms with Crippen LogP contribution in [0.5, 0.6) is 0 Å². The summed E-state index contributed by atoms with van der Waals surface area (Å²) in [6.45, 7) is 5.01. The number of carbonyl (C=O) groups excluding carboxylic acids is 2. The molecule has 7 heteroatoms. The zero-order valence-corrected chi connectivity index (χ0v) is 19.7. The van der Waals surface area contributed by atoms with E-state index in [1.165, 1.54) is 5.56 Å². The maximum absolute atomic E-state index is 12.9. The van der Waals surface area contributed by atoms with Crippen molar-refractivity contribution in [3.63, 3.8) is 0 Å². The second kappa shape index (κ2) is 10.2. The third kappa shape index (κ3) is 5.79. The molecule has 2 heterocycles. The Morgan fingerprint density at radius 3 is 2.64 bits per heavy atom. The van der Waals surface area contributed by atoms with Gasteiger partial charge in [-0.15, -0.1) is 0 Å². The van der Waals surface area contributed by atoms with E-state index < -0.39 is 0 Å². The standard InChI is InChI=1S/C26H33N5O2/c1-4-31(26(33)19-7-5-18(6-8-19)17-30(2)3)12-10-20-13-21(20)16-28-25(32)24-14-22-15-27-11-9-23(22)29-24/h5-9,11,14-15,20-21,29H,4,10,12-13,16-17H2,1-3H3,(H,28,32). The number of H-pyrrole nitrogens is 1. The number of hydrogen-bond acceptors (Lipinski definition) is 4. The molecule has 2 N–H and O–H groups in total. The van der Waals surface area contributed by atoms with Crippen LogP contribution >= 0.6 is 0 Å². The predicted molar refractivity (Wildman–Crippen MR) is 130 cm³/mol. The van der Waals surface area contributed by atoms with E-state index >= 15 is 0 Å². The number of carbonyl (C=O) groups is 2. The van der Waals surface area contributed by atoms with Gasteiger partial charge >= 0.3 is 0 Å². The molecule has 2 amide bonds. The summed E-state index contributed by atoms with van der Waals surface area (Å²) in [6, 6.07) is 11.6. The van der Waals surface area contributed by atoms with Gasteiger partial charge in [0.25, 0.3) is 11.8 Å². The van der Waals surface area contributed by atoms with Crippen LogP contribution in [0.1, 0.15) is 46.2 Å². The van der Waals surface area contributed by atoms with E-state index in [0.717, 1.165) is 42.4 Å². The number of pyridine rings is 1. The first-order valence-corrected chi connectivity index (χ1v) is 11.7. The van der Waals surface area contributed by atoms with E-state index in [-0.39, 0.29) is 11.8 Å². The molecule has 3 aromatic rings. The Morgan fingerprint density at radius 2 is 1.94 bits per heavy atom. The Hall–Kier alpha value is -3.19. The molecule has 1 aromatic carbocycles. The van der Waals surface area contributed by atoms with E-state index in [1.807, 2.05) is 62.3 Å². The van der Waals surface area contributed by atoms with Gasteiger partial charge in [0.05, 0.1) is 0 Å². The summed E-state index contributed by atoms with van der Waals surface area (Å²) in [7, 11) is 4.07. The topological polar surface area (TPSA) is 81.3 Å². The lowest BCUT2D eigenvalue weighted by molar-refractivity contribution is 0.0759. The maximum atomic E-state index is 12.9. The molecular weight excluding hydrogens is 414 g/mol. The number of nitrogens with zero attached hydrogens (tertiary/aromatic N) is 3. The first-order chi connectivity index (χ1) is 15.9. The fraction of sp³-hybridized carbons (Fsp3) is 0.423. The largest absolute Gasteiger partial charge is 0.350 e. The van der Waals surface area contributed by atoms with Crippen LogP contribution in [-0.2, 0) is 6.54 Å². The van der Waals surface area contributed by atoms with Crippen LogP contribution in [0.15, 0.2) is 48.8 Å². The molecule has 0 radical (unpaired) electrons. The summed E-state index contributed by atoms with van der Waals surface area (Å²) in [6.07, 6.45) is 5.52. The Morgan fingerprint density at radius 1 is 1.15 bits per heavy atom. The van der Waals surface area contributed by atoms with Crippen LogP contribution < -0.4 is 5.32 Å². The van der Waals surface area contributed by atoms with Gasteiger partial charge in [-0.25, -0.2) is 0 Å². The fourth-order valence-corrected chi connectivity index (χ4v) is 4.35. The summed E-state index contributed by atoms with van der Waals surface area (Å²) in [5.41, 5.74) is 3.42. The van der Waals surface area contributed by atoms with E-state index in [9.17, 15) is 9.59 Å². The van der Waals surface area contributed by atoms with Crippen LogP contribution in [0.3, 0.4) is 0 Å². The molecule has 2 atom stereocenters. The average molecular weight is 448 g/mol. The third-order valence-electron chi connectivity index (χ3n) is 6.40. The smallest absolute Gasteiger partial charge is 0.267 e. The lowest BCUT2D eigenvalue weighted by Gasteiger charge is -2.21. The van der Waals surface area contributed by atoms with E-state index in [0.29, 0.717) is 30.6 Å². The lowest BCUT2D eigenvalue weighted by atomic mass is 10.1. The summed E-state index contributed by atoms with van der Waals surface area (Å²) in [5.74, 6) is 1.05. The molecule has 2 unspecified atom stereocenters. The van der Waals surface area contributed by atoms with Gasteiger partial charge in [0, 0.05) is 55.0 Å². The van der Waals surface area contributed by atoms with E-state index in [1.54, 1.807) is 12.4 Å². The first-order valence-electron chi connectivity index (χ1n) is 11.7. The summed E-state index contributed by atoms with van der Waals surface area (Å²) < 4.78 is 0. The number of hydrogen-bond donors (Lipinski definition) is 2. The van der Waals surface area contributed by atoms with Gasteiger partial charge in [-0.05, 0) is 75.5 Å².